The highest BCUT2D eigenvalue weighted by atomic mass is 32.2. The molecule has 2 heterocycles. The van der Waals surface area contributed by atoms with Gasteiger partial charge >= 0.3 is 0 Å². The van der Waals surface area contributed by atoms with Crippen molar-refractivity contribution >= 4 is 34.9 Å². The fourth-order valence-corrected chi connectivity index (χ4v) is 3.28. The van der Waals surface area contributed by atoms with E-state index in [0.717, 1.165) is 17.1 Å². The molecule has 29 heavy (non-hydrogen) atoms. The molecule has 142 valence electrons. The minimum absolute atomic E-state index is 0.132. The van der Waals surface area contributed by atoms with Gasteiger partial charge in [-0.15, -0.1) is 0 Å². The van der Waals surface area contributed by atoms with Crippen LogP contribution in [0.4, 0.5) is 4.39 Å². The third-order valence-electron chi connectivity index (χ3n) is 3.87. The van der Waals surface area contributed by atoms with Crippen molar-refractivity contribution < 1.29 is 13.6 Å². The third kappa shape index (κ3) is 4.17. The van der Waals surface area contributed by atoms with Gasteiger partial charge in [-0.3, -0.25) is 4.79 Å². The predicted octanol–water partition coefficient (Wildman–Crippen LogP) is 4.08. The Morgan fingerprint density at radius 3 is 2.93 bits per heavy atom. The Hall–Kier alpha value is -3.90. The molecule has 2 aromatic carbocycles. The van der Waals surface area contributed by atoms with Crippen molar-refractivity contribution in [2.45, 2.75) is 10.2 Å². The van der Waals surface area contributed by atoms with Gasteiger partial charge in [-0.1, -0.05) is 12.1 Å². The molecular formula is C20H12FN5O2S. The molecule has 0 atom stereocenters. The van der Waals surface area contributed by atoms with Crippen LogP contribution in [0, 0.1) is 17.1 Å². The SMILES string of the molecule is N#Cc1ccc(C(=O)N/N=C\c2ccc(Sc3nc4ccccc4[nH]3)o2)c(F)c1. The van der Waals surface area contributed by atoms with Gasteiger partial charge in [0.2, 0.25) is 0 Å². The smallest absolute Gasteiger partial charge is 0.274 e. The van der Waals surface area contributed by atoms with Gasteiger partial charge in [0.25, 0.3) is 5.91 Å². The zero-order valence-corrected chi connectivity index (χ0v) is 15.5. The number of aromatic amines is 1. The van der Waals surface area contributed by atoms with Crippen molar-refractivity contribution in [3.8, 4) is 6.07 Å². The first-order chi connectivity index (χ1) is 14.1. The Morgan fingerprint density at radius 1 is 1.28 bits per heavy atom. The fourth-order valence-electron chi connectivity index (χ4n) is 2.52. The zero-order chi connectivity index (χ0) is 20.2. The Balaban J connectivity index is 1.39. The summed E-state index contributed by atoms with van der Waals surface area (Å²) in [7, 11) is 0. The summed E-state index contributed by atoms with van der Waals surface area (Å²) in [5, 5.41) is 13.8. The second-order valence-electron chi connectivity index (χ2n) is 5.82. The minimum atomic E-state index is -0.792. The van der Waals surface area contributed by atoms with E-state index in [-0.39, 0.29) is 11.1 Å². The predicted molar refractivity (Wildman–Crippen MR) is 105 cm³/mol. The first kappa shape index (κ1) is 18.5. The fraction of sp³-hybridized carbons (Fsp3) is 0. The molecule has 7 nitrogen and oxygen atoms in total. The molecule has 4 rings (SSSR count). The number of hydrogen-bond donors (Lipinski definition) is 2. The van der Waals surface area contributed by atoms with E-state index in [9.17, 15) is 9.18 Å². The summed E-state index contributed by atoms with van der Waals surface area (Å²) >= 11 is 1.32. The minimum Gasteiger partial charge on any atom is -0.448 e. The van der Waals surface area contributed by atoms with Crippen LogP contribution >= 0.6 is 11.8 Å². The van der Waals surface area contributed by atoms with E-state index in [1.807, 2.05) is 24.3 Å². The van der Waals surface area contributed by atoms with Crippen molar-refractivity contribution in [3.05, 3.63) is 77.3 Å². The molecule has 1 amide bonds. The summed E-state index contributed by atoms with van der Waals surface area (Å²) < 4.78 is 19.4. The maximum absolute atomic E-state index is 13.8. The zero-order valence-electron chi connectivity index (χ0n) is 14.7. The third-order valence-corrected chi connectivity index (χ3v) is 4.68. The van der Waals surface area contributed by atoms with Crippen LogP contribution in [0.15, 0.2) is 74.4 Å². The Bertz CT molecular complexity index is 1240. The molecule has 0 fully saturated rings. The number of nitrogens with zero attached hydrogens (tertiary/aromatic N) is 3. The van der Waals surface area contributed by atoms with Crippen LogP contribution in [0.25, 0.3) is 11.0 Å². The molecule has 2 N–H and O–H groups in total. The number of halogens is 1. The molecule has 0 bridgehead atoms. The second kappa shape index (κ2) is 8.00. The molecule has 0 unspecified atom stereocenters. The molecule has 0 saturated heterocycles. The van der Waals surface area contributed by atoms with Crippen LogP contribution in [-0.2, 0) is 0 Å². The molecule has 0 saturated carbocycles. The lowest BCUT2D eigenvalue weighted by atomic mass is 10.1. The monoisotopic (exact) mass is 405 g/mol. The molecular weight excluding hydrogens is 393 g/mol. The van der Waals surface area contributed by atoms with Crippen molar-refractivity contribution in [1.82, 2.24) is 15.4 Å². The molecule has 2 aromatic heterocycles. The lowest BCUT2D eigenvalue weighted by Gasteiger charge is -2.01. The summed E-state index contributed by atoms with van der Waals surface area (Å²) in [6, 6.07) is 16.5. The number of carbonyl (C=O) groups is 1. The summed E-state index contributed by atoms with van der Waals surface area (Å²) in [5.74, 6) is -1.12. The number of furan rings is 1. The lowest BCUT2D eigenvalue weighted by molar-refractivity contribution is 0.0951. The van der Waals surface area contributed by atoms with Gasteiger partial charge in [-0.05, 0) is 54.2 Å². The number of amides is 1. The van der Waals surface area contributed by atoms with E-state index in [1.54, 1.807) is 18.2 Å². The number of benzene rings is 2. The van der Waals surface area contributed by atoms with Crippen molar-refractivity contribution in [2.24, 2.45) is 5.10 Å². The summed E-state index contributed by atoms with van der Waals surface area (Å²) in [6.45, 7) is 0. The number of nitrogens with one attached hydrogen (secondary N) is 2. The van der Waals surface area contributed by atoms with Gasteiger partial charge in [0.15, 0.2) is 10.2 Å². The number of H-pyrrole nitrogens is 1. The quantitative estimate of drug-likeness (QED) is 0.384. The van der Waals surface area contributed by atoms with E-state index < -0.39 is 11.7 Å². The highest BCUT2D eigenvalue weighted by Crippen LogP contribution is 2.28. The highest BCUT2D eigenvalue weighted by Gasteiger charge is 2.12. The summed E-state index contributed by atoms with van der Waals surface area (Å²) in [4.78, 5) is 19.6. The molecule has 0 radical (unpaired) electrons. The van der Waals surface area contributed by atoms with Crippen LogP contribution in [0.3, 0.4) is 0 Å². The van der Waals surface area contributed by atoms with Gasteiger partial charge in [0.05, 0.1) is 34.4 Å². The largest absolute Gasteiger partial charge is 0.448 e. The van der Waals surface area contributed by atoms with Gasteiger partial charge in [-0.25, -0.2) is 14.8 Å². The molecule has 0 aliphatic rings. The standard InChI is InChI=1S/C20H12FN5O2S/c21-15-9-12(10-22)5-7-14(15)19(27)26-23-11-13-6-8-18(28-13)29-20-24-16-3-1-2-4-17(16)25-20/h1-9,11H,(H,24,25)(H,26,27)/b23-11-. The number of rotatable bonds is 5. The van der Waals surface area contributed by atoms with Crippen LogP contribution in [0.1, 0.15) is 21.7 Å². The highest BCUT2D eigenvalue weighted by molar-refractivity contribution is 7.99. The van der Waals surface area contributed by atoms with Crippen LogP contribution in [-0.4, -0.2) is 22.1 Å². The van der Waals surface area contributed by atoms with E-state index in [1.165, 1.54) is 30.1 Å². The second-order valence-corrected chi connectivity index (χ2v) is 6.82. The maximum Gasteiger partial charge on any atom is 0.274 e. The van der Waals surface area contributed by atoms with Crippen molar-refractivity contribution in [2.75, 3.05) is 0 Å². The van der Waals surface area contributed by atoms with Crippen LogP contribution in [0.2, 0.25) is 0 Å². The van der Waals surface area contributed by atoms with E-state index >= 15 is 0 Å². The van der Waals surface area contributed by atoms with Crippen molar-refractivity contribution in [3.63, 3.8) is 0 Å². The lowest BCUT2D eigenvalue weighted by Crippen LogP contribution is -2.19. The number of carbonyl (C=O) groups excluding carboxylic acids is 1. The van der Waals surface area contributed by atoms with E-state index in [0.29, 0.717) is 16.0 Å². The Morgan fingerprint density at radius 2 is 2.14 bits per heavy atom. The maximum atomic E-state index is 13.8. The molecule has 0 aliphatic carbocycles. The van der Waals surface area contributed by atoms with Crippen LogP contribution < -0.4 is 5.43 Å². The molecule has 4 aromatic rings. The number of imidazole rings is 1. The van der Waals surface area contributed by atoms with E-state index in [2.05, 4.69) is 20.5 Å². The molecule has 9 heteroatoms. The van der Waals surface area contributed by atoms with Gasteiger partial charge < -0.3 is 9.40 Å². The van der Waals surface area contributed by atoms with Gasteiger partial charge in [0.1, 0.15) is 11.6 Å². The first-order valence-electron chi connectivity index (χ1n) is 8.38. The number of aromatic nitrogens is 2. The Labute approximate surface area is 168 Å². The molecule has 0 aliphatic heterocycles. The summed E-state index contributed by atoms with van der Waals surface area (Å²) in [6.07, 6.45) is 1.31. The topological polar surface area (TPSA) is 107 Å². The average Bonchev–Trinajstić information content (AvgIpc) is 3.34. The van der Waals surface area contributed by atoms with Gasteiger partial charge in [-0.2, -0.15) is 10.4 Å². The number of hydrazone groups is 1. The number of fused-ring (bicyclic) bond motifs is 1. The number of nitriles is 1. The Kier molecular flexibility index (Phi) is 5.09. The number of para-hydroxylation sites is 2. The average molecular weight is 405 g/mol. The summed E-state index contributed by atoms with van der Waals surface area (Å²) in [5.41, 5.74) is 3.94. The van der Waals surface area contributed by atoms with E-state index in [4.69, 9.17) is 9.68 Å². The van der Waals surface area contributed by atoms with Crippen molar-refractivity contribution in [1.29, 1.82) is 5.26 Å². The molecule has 0 spiro atoms. The van der Waals surface area contributed by atoms with Crippen LogP contribution in [0.5, 0.6) is 0 Å². The number of hydrogen-bond acceptors (Lipinski definition) is 6. The first-order valence-corrected chi connectivity index (χ1v) is 9.19. The normalized spacial score (nSPS) is 11.0. The van der Waals surface area contributed by atoms with Gasteiger partial charge in [0, 0.05) is 0 Å².